The molecule has 3 N–H and O–H groups in total. The number of aromatic nitrogens is 1. The third-order valence-corrected chi connectivity index (χ3v) is 3.61. The van der Waals surface area contributed by atoms with E-state index in [1.54, 1.807) is 13.2 Å². The molecule has 116 valence electrons. The first-order valence-electron chi connectivity index (χ1n) is 7.38. The first-order valence-corrected chi connectivity index (χ1v) is 7.38. The van der Waals surface area contributed by atoms with Gasteiger partial charge in [-0.25, -0.2) is 4.99 Å². The van der Waals surface area contributed by atoms with E-state index >= 15 is 0 Å². The molecule has 0 fully saturated rings. The molecule has 6 heteroatoms. The minimum Gasteiger partial charge on any atom is -0.383 e. The maximum absolute atomic E-state index is 6.05. The Morgan fingerprint density at radius 2 is 2.26 bits per heavy atom. The molecule has 1 aromatic rings. The number of hydrogen-bond donors (Lipinski definition) is 2. The van der Waals surface area contributed by atoms with Crippen LogP contribution in [0.4, 0.5) is 0 Å². The van der Waals surface area contributed by atoms with Crippen LogP contribution in [-0.4, -0.2) is 36.8 Å². The maximum Gasteiger partial charge on any atom is 0.143 e. The molecule has 0 bridgehead atoms. The van der Waals surface area contributed by atoms with Crippen molar-refractivity contribution >= 4 is 23.8 Å². The molecule has 0 amide bonds. The fourth-order valence-electron chi connectivity index (χ4n) is 2.39. The summed E-state index contributed by atoms with van der Waals surface area (Å²) >= 11 is 0. The second-order valence-electron chi connectivity index (χ2n) is 5.05. The fraction of sp³-hybridized carbons (Fsp3) is 0.176. The van der Waals surface area contributed by atoms with Gasteiger partial charge < -0.3 is 11.1 Å². The van der Waals surface area contributed by atoms with Crippen molar-refractivity contribution in [2.75, 3.05) is 13.6 Å². The Morgan fingerprint density at radius 3 is 2.87 bits per heavy atom. The lowest BCUT2D eigenvalue weighted by molar-refractivity contribution is 0.942. The van der Waals surface area contributed by atoms with Crippen LogP contribution in [-0.2, 0) is 0 Å². The van der Waals surface area contributed by atoms with Gasteiger partial charge in [-0.15, -0.1) is 0 Å². The van der Waals surface area contributed by atoms with Crippen LogP contribution in [0, 0.1) is 0 Å². The summed E-state index contributed by atoms with van der Waals surface area (Å²) in [6.45, 7) is 0.814. The molecule has 6 nitrogen and oxygen atoms in total. The van der Waals surface area contributed by atoms with Crippen molar-refractivity contribution in [3.8, 4) is 0 Å². The topological polar surface area (TPSA) is 88.0 Å². The maximum atomic E-state index is 6.05. The summed E-state index contributed by atoms with van der Waals surface area (Å²) in [5, 5.41) is 3.21. The lowest BCUT2D eigenvalue weighted by Gasteiger charge is -2.17. The summed E-state index contributed by atoms with van der Waals surface area (Å²) in [6.07, 6.45) is 10.3. The SMILES string of the molecule is C/N=C(N)\C(=C1\N=CC(C2=CC=NCC2)=CN1)c1ccccn1. The average Bonchev–Trinajstić information content (AvgIpc) is 2.64. The average molecular weight is 306 g/mol. The number of rotatable bonds is 3. The minimum absolute atomic E-state index is 0.393. The van der Waals surface area contributed by atoms with Gasteiger partial charge >= 0.3 is 0 Å². The number of aliphatic imine (C=N–C) groups is 3. The highest BCUT2D eigenvalue weighted by Gasteiger charge is 2.16. The first kappa shape index (κ1) is 14.9. The van der Waals surface area contributed by atoms with Crippen LogP contribution in [0.2, 0.25) is 0 Å². The Balaban J connectivity index is 1.95. The van der Waals surface area contributed by atoms with E-state index in [1.165, 1.54) is 5.57 Å². The van der Waals surface area contributed by atoms with Gasteiger partial charge in [-0.3, -0.25) is 15.0 Å². The van der Waals surface area contributed by atoms with Gasteiger partial charge in [0, 0.05) is 44.0 Å². The second kappa shape index (κ2) is 6.83. The predicted molar refractivity (Wildman–Crippen MR) is 94.5 cm³/mol. The molecule has 0 aromatic carbocycles. The summed E-state index contributed by atoms with van der Waals surface area (Å²) < 4.78 is 0. The van der Waals surface area contributed by atoms with E-state index in [0.29, 0.717) is 17.2 Å². The molecule has 1 aromatic heterocycles. The number of amidine groups is 1. The number of dihydropyridines is 1. The Labute approximate surface area is 135 Å². The monoisotopic (exact) mass is 306 g/mol. The zero-order valence-corrected chi connectivity index (χ0v) is 12.9. The first-order chi connectivity index (χ1) is 11.3. The Bertz CT molecular complexity index is 766. The van der Waals surface area contributed by atoms with Crippen molar-refractivity contribution in [3.05, 3.63) is 59.3 Å². The van der Waals surface area contributed by atoms with Crippen LogP contribution in [0.3, 0.4) is 0 Å². The Kier molecular flexibility index (Phi) is 4.42. The predicted octanol–water partition coefficient (Wildman–Crippen LogP) is 1.70. The molecule has 0 atom stereocenters. The molecule has 3 rings (SSSR count). The highest BCUT2D eigenvalue weighted by molar-refractivity contribution is 6.22. The van der Waals surface area contributed by atoms with Crippen molar-refractivity contribution in [1.29, 1.82) is 0 Å². The third kappa shape index (κ3) is 3.26. The van der Waals surface area contributed by atoms with Crippen molar-refractivity contribution in [3.63, 3.8) is 0 Å². The lowest BCUT2D eigenvalue weighted by Crippen LogP contribution is -2.22. The van der Waals surface area contributed by atoms with E-state index in [1.807, 2.05) is 42.9 Å². The number of nitrogens with two attached hydrogens (primary N) is 1. The quantitative estimate of drug-likeness (QED) is 0.658. The van der Waals surface area contributed by atoms with Crippen molar-refractivity contribution in [2.24, 2.45) is 20.7 Å². The van der Waals surface area contributed by atoms with E-state index in [0.717, 1.165) is 24.2 Å². The fourth-order valence-corrected chi connectivity index (χ4v) is 2.39. The highest BCUT2D eigenvalue weighted by atomic mass is 15.0. The van der Waals surface area contributed by atoms with E-state index in [-0.39, 0.29) is 0 Å². The van der Waals surface area contributed by atoms with Gasteiger partial charge in [0.2, 0.25) is 0 Å². The Hall–Kier alpha value is -3.02. The largest absolute Gasteiger partial charge is 0.383 e. The summed E-state index contributed by atoms with van der Waals surface area (Å²) in [6, 6.07) is 5.65. The third-order valence-electron chi connectivity index (χ3n) is 3.61. The zero-order chi connectivity index (χ0) is 16.1. The summed E-state index contributed by atoms with van der Waals surface area (Å²) in [4.78, 5) is 17.1. The van der Waals surface area contributed by atoms with Gasteiger partial charge in [0.15, 0.2) is 0 Å². The normalized spacial score (nSPS) is 19.8. The van der Waals surface area contributed by atoms with Crippen molar-refractivity contribution in [2.45, 2.75) is 6.42 Å². The lowest BCUT2D eigenvalue weighted by atomic mass is 10.0. The highest BCUT2D eigenvalue weighted by Crippen LogP contribution is 2.21. The summed E-state index contributed by atoms with van der Waals surface area (Å²) in [5.41, 5.74) is 9.74. The van der Waals surface area contributed by atoms with Gasteiger partial charge in [0.1, 0.15) is 11.7 Å². The Morgan fingerprint density at radius 1 is 1.35 bits per heavy atom. The molecule has 0 aliphatic carbocycles. The molecule has 0 saturated carbocycles. The molecule has 0 radical (unpaired) electrons. The van der Waals surface area contributed by atoms with Gasteiger partial charge in [0.25, 0.3) is 0 Å². The number of nitrogens with zero attached hydrogens (tertiary/aromatic N) is 4. The molecule has 0 spiro atoms. The number of nitrogens with one attached hydrogen (secondary N) is 1. The molecule has 2 aliphatic rings. The molecule has 3 heterocycles. The molecule has 23 heavy (non-hydrogen) atoms. The molecular weight excluding hydrogens is 288 g/mol. The van der Waals surface area contributed by atoms with Crippen molar-refractivity contribution in [1.82, 2.24) is 10.3 Å². The van der Waals surface area contributed by atoms with Crippen LogP contribution in [0.25, 0.3) is 5.57 Å². The van der Waals surface area contributed by atoms with Gasteiger partial charge in [-0.1, -0.05) is 6.07 Å². The number of allylic oxidation sites excluding steroid dienone is 2. The molecule has 0 saturated heterocycles. The standard InChI is InChI=1S/C17H18N6/c1-19-16(18)15(14-4-2-3-7-21-14)17-22-10-13(11-23-17)12-5-8-20-9-6-12/h2-5,7-8,10-11,22H,6,9H2,1H3,(H2,18,19)/b17-15+. The zero-order valence-electron chi connectivity index (χ0n) is 12.9. The summed E-state index contributed by atoms with van der Waals surface area (Å²) in [5.74, 6) is 1.03. The van der Waals surface area contributed by atoms with Crippen LogP contribution < -0.4 is 11.1 Å². The van der Waals surface area contributed by atoms with Crippen LogP contribution in [0.15, 0.2) is 68.6 Å². The summed E-state index contributed by atoms with van der Waals surface area (Å²) in [7, 11) is 1.65. The van der Waals surface area contributed by atoms with Gasteiger partial charge in [-0.2, -0.15) is 0 Å². The van der Waals surface area contributed by atoms with Crippen LogP contribution in [0.1, 0.15) is 12.1 Å². The van der Waals surface area contributed by atoms with Crippen LogP contribution in [0.5, 0.6) is 0 Å². The smallest absolute Gasteiger partial charge is 0.143 e. The molecule has 2 aliphatic heterocycles. The molecular formula is C17H18N6. The van der Waals surface area contributed by atoms with E-state index < -0.39 is 0 Å². The van der Waals surface area contributed by atoms with Gasteiger partial charge in [-0.05, 0) is 30.2 Å². The minimum atomic E-state index is 0.393. The molecule has 0 unspecified atom stereocenters. The van der Waals surface area contributed by atoms with E-state index in [9.17, 15) is 0 Å². The van der Waals surface area contributed by atoms with Crippen molar-refractivity contribution < 1.29 is 0 Å². The van der Waals surface area contributed by atoms with E-state index in [2.05, 4.69) is 25.3 Å². The van der Waals surface area contributed by atoms with E-state index in [4.69, 9.17) is 5.73 Å². The second-order valence-corrected chi connectivity index (χ2v) is 5.05. The van der Waals surface area contributed by atoms with Crippen LogP contribution >= 0.6 is 0 Å². The van der Waals surface area contributed by atoms with Gasteiger partial charge in [0.05, 0.1) is 11.3 Å². The number of hydrogen-bond acceptors (Lipinski definition) is 5. The number of pyridine rings is 1.